The van der Waals surface area contributed by atoms with Gasteiger partial charge in [-0.1, -0.05) is 19.9 Å². The van der Waals surface area contributed by atoms with Crippen LogP contribution in [0, 0.1) is 19.7 Å². The largest absolute Gasteiger partial charge is 0.485 e. The first-order chi connectivity index (χ1) is 9.95. The van der Waals surface area contributed by atoms with Gasteiger partial charge in [0.15, 0.2) is 0 Å². The second-order valence-electron chi connectivity index (χ2n) is 5.53. The molecule has 0 spiro atoms. The molecule has 1 aromatic heterocycles. The van der Waals surface area contributed by atoms with Gasteiger partial charge in [0.1, 0.15) is 29.7 Å². The van der Waals surface area contributed by atoms with E-state index in [4.69, 9.17) is 9.15 Å². The van der Waals surface area contributed by atoms with E-state index in [1.54, 1.807) is 6.07 Å². The Morgan fingerprint density at radius 2 is 2.00 bits per heavy atom. The van der Waals surface area contributed by atoms with E-state index in [1.807, 2.05) is 19.9 Å². The third-order valence-electron chi connectivity index (χ3n) is 3.29. The summed E-state index contributed by atoms with van der Waals surface area (Å²) in [5.41, 5.74) is 2.03. The van der Waals surface area contributed by atoms with Crippen molar-refractivity contribution in [2.75, 3.05) is 0 Å². The average Bonchev–Trinajstić information content (AvgIpc) is 2.78. The van der Waals surface area contributed by atoms with Crippen LogP contribution in [0.5, 0.6) is 5.75 Å². The first kappa shape index (κ1) is 15.6. The molecule has 0 saturated heterocycles. The standard InChI is InChI=1S/C17H22FNO2/c1-11(2)19-9-14-7-16(21-13(14)4)10-20-17-8-15(18)6-5-12(17)3/h5-8,11,19H,9-10H2,1-4H3. The maximum Gasteiger partial charge on any atom is 0.146 e. The first-order valence-corrected chi connectivity index (χ1v) is 7.16. The number of furan rings is 1. The molecule has 4 heteroatoms. The Hall–Kier alpha value is -1.81. The molecule has 2 rings (SSSR count). The molecular weight excluding hydrogens is 269 g/mol. The van der Waals surface area contributed by atoms with Gasteiger partial charge < -0.3 is 14.5 Å². The molecule has 0 saturated carbocycles. The Morgan fingerprint density at radius 1 is 1.24 bits per heavy atom. The van der Waals surface area contributed by atoms with Crippen molar-refractivity contribution < 1.29 is 13.5 Å². The van der Waals surface area contributed by atoms with Gasteiger partial charge in [0.05, 0.1) is 0 Å². The lowest BCUT2D eigenvalue weighted by Gasteiger charge is -2.07. The number of benzene rings is 1. The van der Waals surface area contributed by atoms with Crippen molar-refractivity contribution in [2.45, 2.75) is 46.9 Å². The highest BCUT2D eigenvalue weighted by molar-refractivity contribution is 5.33. The van der Waals surface area contributed by atoms with E-state index in [1.165, 1.54) is 12.1 Å². The monoisotopic (exact) mass is 291 g/mol. The zero-order chi connectivity index (χ0) is 15.4. The van der Waals surface area contributed by atoms with Crippen LogP contribution in [0.3, 0.4) is 0 Å². The lowest BCUT2D eigenvalue weighted by molar-refractivity contribution is 0.265. The minimum atomic E-state index is -0.298. The minimum Gasteiger partial charge on any atom is -0.485 e. The number of nitrogens with one attached hydrogen (secondary N) is 1. The molecule has 1 heterocycles. The van der Waals surface area contributed by atoms with Crippen LogP contribution in [-0.2, 0) is 13.2 Å². The van der Waals surface area contributed by atoms with Crippen LogP contribution in [0.1, 0.15) is 36.5 Å². The highest BCUT2D eigenvalue weighted by Crippen LogP contribution is 2.21. The van der Waals surface area contributed by atoms with Crippen molar-refractivity contribution in [1.29, 1.82) is 0 Å². The molecule has 1 aromatic carbocycles. The first-order valence-electron chi connectivity index (χ1n) is 7.16. The van der Waals surface area contributed by atoms with E-state index >= 15 is 0 Å². The maximum absolute atomic E-state index is 13.2. The van der Waals surface area contributed by atoms with Crippen LogP contribution in [0.25, 0.3) is 0 Å². The summed E-state index contributed by atoms with van der Waals surface area (Å²) >= 11 is 0. The topological polar surface area (TPSA) is 34.4 Å². The molecular formula is C17H22FNO2. The Kier molecular flexibility index (Phi) is 5.02. The molecule has 0 aliphatic carbocycles. The van der Waals surface area contributed by atoms with Crippen LogP contribution < -0.4 is 10.1 Å². The van der Waals surface area contributed by atoms with Crippen LogP contribution in [0.2, 0.25) is 0 Å². The van der Waals surface area contributed by atoms with E-state index in [-0.39, 0.29) is 5.82 Å². The van der Waals surface area contributed by atoms with Crippen molar-refractivity contribution in [3.8, 4) is 5.75 Å². The lowest BCUT2D eigenvalue weighted by atomic mass is 10.2. The van der Waals surface area contributed by atoms with E-state index in [0.29, 0.717) is 18.4 Å². The van der Waals surface area contributed by atoms with Gasteiger partial charge in [-0.05, 0) is 31.5 Å². The Morgan fingerprint density at radius 3 is 2.71 bits per heavy atom. The molecule has 0 radical (unpaired) electrons. The van der Waals surface area contributed by atoms with Gasteiger partial charge in [-0.2, -0.15) is 0 Å². The van der Waals surface area contributed by atoms with Crippen molar-refractivity contribution in [3.63, 3.8) is 0 Å². The quantitative estimate of drug-likeness (QED) is 0.869. The predicted molar refractivity (Wildman–Crippen MR) is 80.9 cm³/mol. The van der Waals surface area contributed by atoms with Crippen LogP contribution >= 0.6 is 0 Å². The number of hydrogen-bond acceptors (Lipinski definition) is 3. The normalized spacial score (nSPS) is 11.1. The fourth-order valence-corrected chi connectivity index (χ4v) is 2.03. The molecule has 1 N–H and O–H groups in total. The molecule has 0 aliphatic rings. The Balaban J connectivity index is 2.00. The summed E-state index contributed by atoms with van der Waals surface area (Å²) in [6.45, 7) is 9.10. The second-order valence-corrected chi connectivity index (χ2v) is 5.53. The summed E-state index contributed by atoms with van der Waals surface area (Å²) in [5, 5.41) is 3.36. The van der Waals surface area contributed by atoms with Gasteiger partial charge in [0.25, 0.3) is 0 Å². The number of halogens is 1. The summed E-state index contributed by atoms with van der Waals surface area (Å²) in [7, 11) is 0. The van der Waals surface area contributed by atoms with E-state index < -0.39 is 0 Å². The smallest absolute Gasteiger partial charge is 0.146 e. The van der Waals surface area contributed by atoms with Gasteiger partial charge in [-0.15, -0.1) is 0 Å². The predicted octanol–water partition coefficient (Wildman–Crippen LogP) is 4.11. The zero-order valence-electron chi connectivity index (χ0n) is 13.0. The molecule has 114 valence electrons. The second kappa shape index (κ2) is 6.76. The molecule has 0 fully saturated rings. The highest BCUT2D eigenvalue weighted by Gasteiger charge is 2.09. The fourth-order valence-electron chi connectivity index (χ4n) is 2.03. The molecule has 3 nitrogen and oxygen atoms in total. The van der Waals surface area contributed by atoms with Crippen LogP contribution in [-0.4, -0.2) is 6.04 Å². The Labute approximate surface area is 125 Å². The summed E-state index contributed by atoms with van der Waals surface area (Å²) in [6, 6.07) is 6.94. The third-order valence-corrected chi connectivity index (χ3v) is 3.29. The number of ether oxygens (including phenoxy) is 1. The van der Waals surface area contributed by atoms with Gasteiger partial charge in [-0.3, -0.25) is 0 Å². The average molecular weight is 291 g/mol. The molecule has 2 aromatic rings. The van der Waals surface area contributed by atoms with Gasteiger partial charge in [-0.25, -0.2) is 4.39 Å². The van der Waals surface area contributed by atoms with E-state index in [0.717, 1.165) is 29.2 Å². The van der Waals surface area contributed by atoms with Gasteiger partial charge in [0, 0.05) is 24.2 Å². The number of rotatable bonds is 6. The van der Waals surface area contributed by atoms with Crippen LogP contribution in [0.15, 0.2) is 28.7 Å². The minimum absolute atomic E-state index is 0.298. The Bertz CT molecular complexity index is 605. The summed E-state index contributed by atoms with van der Waals surface area (Å²) in [5.74, 6) is 1.88. The summed E-state index contributed by atoms with van der Waals surface area (Å²) in [6.07, 6.45) is 0. The number of aryl methyl sites for hydroxylation is 2. The van der Waals surface area contributed by atoms with Crippen molar-refractivity contribution in [1.82, 2.24) is 5.32 Å². The summed E-state index contributed by atoms with van der Waals surface area (Å²) < 4.78 is 24.5. The molecule has 0 amide bonds. The number of hydrogen-bond donors (Lipinski definition) is 1. The molecule has 0 bridgehead atoms. The zero-order valence-corrected chi connectivity index (χ0v) is 13.0. The van der Waals surface area contributed by atoms with Crippen LogP contribution in [0.4, 0.5) is 4.39 Å². The third kappa shape index (κ3) is 4.33. The highest BCUT2D eigenvalue weighted by atomic mass is 19.1. The van der Waals surface area contributed by atoms with Crippen molar-refractivity contribution in [3.05, 3.63) is 52.7 Å². The van der Waals surface area contributed by atoms with Gasteiger partial charge >= 0.3 is 0 Å². The van der Waals surface area contributed by atoms with Gasteiger partial charge in [0.2, 0.25) is 0 Å². The maximum atomic E-state index is 13.2. The fraction of sp³-hybridized carbons (Fsp3) is 0.412. The molecule has 0 atom stereocenters. The SMILES string of the molecule is Cc1ccc(F)cc1OCc1cc(CNC(C)C)c(C)o1. The summed E-state index contributed by atoms with van der Waals surface area (Å²) in [4.78, 5) is 0. The van der Waals surface area contributed by atoms with E-state index in [9.17, 15) is 4.39 Å². The van der Waals surface area contributed by atoms with Crippen molar-refractivity contribution in [2.24, 2.45) is 0 Å². The van der Waals surface area contributed by atoms with E-state index in [2.05, 4.69) is 19.2 Å². The molecule has 21 heavy (non-hydrogen) atoms. The lowest BCUT2D eigenvalue weighted by Crippen LogP contribution is -2.21. The molecule has 0 unspecified atom stereocenters. The van der Waals surface area contributed by atoms with Crippen molar-refractivity contribution >= 4 is 0 Å². The molecule has 0 aliphatic heterocycles.